The van der Waals surface area contributed by atoms with E-state index in [0.717, 1.165) is 16.8 Å². The Labute approximate surface area is 185 Å². The molecular formula is C22H22N2O5S2. The predicted octanol–water partition coefficient (Wildman–Crippen LogP) is 3.85. The van der Waals surface area contributed by atoms with Crippen molar-refractivity contribution < 1.29 is 22.7 Å². The summed E-state index contributed by atoms with van der Waals surface area (Å²) in [4.78, 5) is 28.9. The molecule has 0 aliphatic carbocycles. The van der Waals surface area contributed by atoms with Crippen molar-refractivity contribution in [2.75, 3.05) is 11.1 Å². The highest BCUT2D eigenvalue weighted by molar-refractivity contribution is 7.91. The molecule has 9 heteroatoms. The Hall–Kier alpha value is -3.04. The molecule has 162 valence electrons. The zero-order chi connectivity index (χ0) is 22.4. The van der Waals surface area contributed by atoms with Gasteiger partial charge in [-0.2, -0.15) is 0 Å². The van der Waals surface area contributed by atoms with Crippen LogP contribution in [-0.4, -0.2) is 37.1 Å². The minimum atomic E-state index is -3.61. The molecule has 0 spiro atoms. The lowest BCUT2D eigenvalue weighted by Crippen LogP contribution is -2.30. The van der Waals surface area contributed by atoms with Crippen molar-refractivity contribution in [3.05, 3.63) is 65.5 Å². The van der Waals surface area contributed by atoms with Crippen molar-refractivity contribution in [1.82, 2.24) is 4.98 Å². The van der Waals surface area contributed by atoms with E-state index in [1.54, 1.807) is 12.1 Å². The van der Waals surface area contributed by atoms with E-state index in [2.05, 4.69) is 10.3 Å². The first kappa shape index (κ1) is 22.6. The number of hydrogen-bond acceptors (Lipinski definition) is 7. The molecule has 7 nitrogen and oxygen atoms in total. The lowest BCUT2D eigenvalue weighted by atomic mass is 10.2. The van der Waals surface area contributed by atoms with E-state index in [4.69, 9.17) is 4.74 Å². The summed E-state index contributed by atoms with van der Waals surface area (Å²) in [6, 6.07) is 15.9. The van der Waals surface area contributed by atoms with E-state index in [0.29, 0.717) is 5.13 Å². The number of benzene rings is 2. The van der Waals surface area contributed by atoms with Crippen molar-refractivity contribution in [1.29, 1.82) is 0 Å². The second-order valence-electron chi connectivity index (χ2n) is 6.91. The van der Waals surface area contributed by atoms with Gasteiger partial charge in [-0.15, -0.1) is 11.3 Å². The predicted molar refractivity (Wildman–Crippen MR) is 120 cm³/mol. The van der Waals surface area contributed by atoms with Crippen molar-refractivity contribution in [3.63, 3.8) is 0 Å². The number of anilines is 1. The maximum Gasteiger partial charge on any atom is 0.307 e. The Kier molecular flexibility index (Phi) is 7.19. The molecule has 0 unspecified atom stereocenters. The summed E-state index contributed by atoms with van der Waals surface area (Å²) in [5.74, 6) is -1.69. The number of sulfone groups is 1. The highest BCUT2D eigenvalue weighted by Crippen LogP contribution is 2.24. The molecule has 1 amide bonds. The molecule has 0 bridgehead atoms. The molecule has 0 aliphatic rings. The molecule has 3 rings (SSSR count). The molecule has 1 N–H and O–H groups in total. The SMILES string of the molecule is Cc1ccc(S(=O)(=O)CCC(=O)O[C@@H](C)C(=O)Nc2nc(-c3ccccc3)cs2)cc1. The van der Waals surface area contributed by atoms with Crippen molar-refractivity contribution in [3.8, 4) is 11.3 Å². The average Bonchev–Trinajstić information content (AvgIpc) is 3.22. The molecule has 1 atom stereocenters. The molecule has 0 fully saturated rings. The zero-order valence-corrected chi connectivity index (χ0v) is 18.7. The van der Waals surface area contributed by atoms with Crippen LogP contribution in [0, 0.1) is 6.92 Å². The van der Waals surface area contributed by atoms with Crippen LogP contribution in [0.1, 0.15) is 18.9 Å². The molecule has 31 heavy (non-hydrogen) atoms. The van der Waals surface area contributed by atoms with Crippen LogP contribution in [0.15, 0.2) is 64.9 Å². The smallest absolute Gasteiger partial charge is 0.307 e. The number of rotatable bonds is 8. The van der Waals surface area contributed by atoms with Gasteiger partial charge in [-0.1, -0.05) is 48.0 Å². The van der Waals surface area contributed by atoms with Crippen LogP contribution in [-0.2, 0) is 24.2 Å². The lowest BCUT2D eigenvalue weighted by molar-refractivity contribution is -0.152. The van der Waals surface area contributed by atoms with E-state index < -0.39 is 33.6 Å². The molecule has 3 aromatic rings. The Morgan fingerprint density at radius 3 is 2.45 bits per heavy atom. The number of amides is 1. The van der Waals surface area contributed by atoms with Gasteiger partial charge in [-0.3, -0.25) is 14.9 Å². The third-order valence-electron chi connectivity index (χ3n) is 4.44. The van der Waals surface area contributed by atoms with Crippen molar-refractivity contribution in [2.45, 2.75) is 31.3 Å². The van der Waals surface area contributed by atoms with Gasteiger partial charge in [0.1, 0.15) is 0 Å². The van der Waals surface area contributed by atoms with Crippen LogP contribution in [0.25, 0.3) is 11.3 Å². The first-order valence-corrected chi connectivity index (χ1v) is 12.1. The van der Waals surface area contributed by atoms with Gasteiger partial charge < -0.3 is 4.74 Å². The molecule has 0 aliphatic heterocycles. The summed E-state index contributed by atoms with van der Waals surface area (Å²) in [7, 11) is -3.61. The zero-order valence-electron chi connectivity index (χ0n) is 17.1. The highest BCUT2D eigenvalue weighted by Gasteiger charge is 2.22. The topological polar surface area (TPSA) is 102 Å². The summed E-state index contributed by atoms with van der Waals surface area (Å²) in [6.07, 6.45) is -1.43. The quantitative estimate of drug-likeness (QED) is 0.515. The fourth-order valence-corrected chi connectivity index (χ4v) is 4.61. The average molecular weight is 459 g/mol. The van der Waals surface area contributed by atoms with Gasteiger partial charge in [0.2, 0.25) is 0 Å². The number of ether oxygens (including phenoxy) is 1. The summed E-state index contributed by atoms with van der Waals surface area (Å²) in [5, 5.41) is 4.81. The third kappa shape index (κ3) is 6.22. The normalized spacial score (nSPS) is 12.2. The summed E-state index contributed by atoms with van der Waals surface area (Å²) < 4.78 is 29.8. The van der Waals surface area contributed by atoms with Gasteiger partial charge in [-0.05, 0) is 26.0 Å². The number of nitrogens with one attached hydrogen (secondary N) is 1. The van der Waals surface area contributed by atoms with Gasteiger partial charge in [0, 0.05) is 10.9 Å². The molecule has 0 radical (unpaired) electrons. The van der Waals surface area contributed by atoms with E-state index >= 15 is 0 Å². The van der Waals surface area contributed by atoms with Gasteiger partial charge in [0.15, 0.2) is 21.1 Å². The van der Waals surface area contributed by atoms with E-state index in [-0.39, 0.29) is 11.3 Å². The first-order valence-electron chi connectivity index (χ1n) is 9.55. The number of aryl methyl sites for hydroxylation is 1. The molecule has 0 saturated carbocycles. The number of nitrogens with zero attached hydrogens (tertiary/aromatic N) is 1. The lowest BCUT2D eigenvalue weighted by Gasteiger charge is -2.12. The molecular weight excluding hydrogens is 436 g/mol. The Bertz CT molecular complexity index is 1160. The van der Waals surface area contributed by atoms with E-state index in [1.165, 1.54) is 30.4 Å². The van der Waals surface area contributed by atoms with Gasteiger partial charge >= 0.3 is 5.97 Å². The summed E-state index contributed by atoms with van der Waals surface area (Å²) in [5.41, 5.74) is 2.59. The standard InChI is InChI=1S/C22H22N2O5S2/c1-15-8-10-18(11-9-15)31(27,28)13-12-20(25)29-16(2)21(26)24-22-23-19(14-30-22)17-6-4-3-5-7-17/h3-11,14,16H,12-13H2,1-2H3,(H,23,24,26)/t16-/m0/s1. The Morgan fingerprint density at radius 2 is 1.77 bits per heavy atom. The minimum Gasteiger partial charge on any atom is -0.453 e. The molecule has 2 aromatic carbocycles. The third-order valence-corrected chi connectivity index (χ3v) is 6.93. The largest absolute Gasteiger partial charge is 0.453 e. The van der Waals surface area contributed by atoms with Crippen LogP contribution < -0.4 is 5.32 Å². The first-order chi connectivity index (χ1) is 14.7. The van der Waals surface area contributed by atoms with Crippen molar-refractivity contribution in [2.24, 2.45) is 0 Å². The van der Waals surface area contributed by atoms with Crippen LogP contribution in [0.3, 0.4) is 0 Å². The monoisotopic (exact) mass is 458 g/mol. The fraction of sp³-hybridized carbons (Fsp3) is 0.227. The van der Waals surface area contributed by atoms with E-state index in [1.807, 2.05) is 42.6 Å². The van der Waals surface area contributed by atoms with Gasteiger partial charge in [-0.25, -0.2) is 13.4 Å². The van der Waals surface area contributed by atoms with Gasteiger partial charge in [0.05, 0.1) is 22.8 Å². The maximum absolute atomic E-state index is 12.3. The molecule has 1 aromatic heterocycles. The minimum absolute atomic E-state index is 0.148. The Morgan fingerprint density at radius 1 is 1.10 bits per heavy atom. The molecule has 0 saturated heterocycles. The second kappa shape index (κ2) is 9.84. The second-order valence-corrected chi connectivity index (χ2v) is 9.87. The number of carbonyl (C=O) groups is 2. The maximum atomic E-state index is 12.3. The number of thiazole rings is 1. The van der Waals surface area contributed by atoms with Crippen LogP contribution >= 0.6 is 11.3 Å². The number of aromatic nitrogens is 1. The van der Waals surface area contributed by atoms with Crippen LogP contribution in [0.4, 0.5) is 5.13 Å². The number of hydrogen-bond donors (Lipinski definition) is 1. The van der Waals surface area contributed by atoms with E-state index in [9.17, 15) is 18.0 Å². The van der Waals surface area contributed by atoms with Gasteiger partial charge in [0.25, 0.3) is 5.91 Å². The van der Waals surface area contributed by atoms with Crippen molar-refractivity contribution >= 4 is 38.2 Å². The summed E-state index contributed by atoms with van der Waals surface area (Å²) in [6.45, 7) is 3.28. The fourth-order valence-electron chi connectivity index (χ4n) is 2.67. The van der Waals surface area contributed by atoms with Crippen LogP contribution in [0.5, 0.6) is 0 Å². The highest BCUT2D eigenvalue weighted by atomic mass is 32.2. The summed E-state index contributed by atoms with van der Waals surface area (Å²) >= 11 is 1.26. The number of carbonyl (C=O) groups excluding carboxylic acids is 2. The number of esters is 1. The Balaban J connectivity index is 1.51. The van der Waals surface area contributed by atoms with Crippen LogP contribution in [0.2, 0.25) is 0 Å². The molecule has 1 heterocycles.